The Morgan fingerprint density at radius 1 is 1.04 bits per heavy atom. The smallest absolute Gasteiger partial charge is 0.253 e. The molecule has 2 atom stereocenters. The highest BCUT2D eigenvalue weighted by molar-refractivity contribution is 5.95. The monoisotopic (exact) mass is 350 g/mol. The Bertz CT molecular complexity index is 755. The number of aryl methyl sites for hydroxylation is 1. The van der Waals surface area contributed by atoms with Gasteiger partial charge in [0.15, 0.2) is 0 Å². The second-order valence-corrected chi connectivity index (χ2v) is 6.99. The SMILES string of the molecule is CCCNC(=O)[C@@H]1CN(C(=O)c2ccc(C)cc2)C[C@@H]1c1ccccc1. The molecule has 136 valence electrons. The van der Waals surface area contributed by atoms with Crippen LogP contribution in [0.3, 0.4) is 0 Å². The Labute approximate surface area is 155 Å². The maximum absolute atomic E-state index is 12.9. The number of benzene rings is 2. The topological polar surface area (TPSA) is 49.4 Å². The van der Waals surface area contributed by atoms with Gasteiger partial charge in [-0.1, -0.05) is 55.0 Å². The molecule has 0 radical (unpaired) electrons. The van der Waals surface area contributed by atoms with Gasteiger partial charge in [-0.15, -0.1) is 0 Å². The molecule has 1 aliphatic rings. The van der Waals surface area contributed by atoms with Crippen LogP contribution >= 0.6 is 0 Å². The van der Waals surface area contributed by atoms with Crippen molar-refractivity contribution < 1.29 is 9.59 Å². The molecule has 0 unspecified atom stereocenters. The molecule has 26 heavy (non-hydrogen) atoms. The van der Waals surface area contributed by atoms with Crippen LogP contribution in [0, 0.1) is 12.8 Å². The van der Waals surface area contributed by atoms with Crippen molar-refractivity contribution in [1.29, 1.82) is 0 Å². The van der Waals surface area contributed by atoms with E-state index in [4.69, 9.17) is 0 Å². The van der Waals surface area contributed by atoms with E-state index in [-0.39, 0.29) is 23.7 Å². The van der Waals surface area contributed by atoms with E-state index in [0.717, 1.165) is 17.5 Å². The molecular formula is C22H26N2O2. The number of likely N-dealkylation sites (tertiary alicyclic amines) is 1. The minimum absolute atomic E-state index is 0.00303. The van der Waals surface area contributed by atoms with Gasteiger partial charge in [0, 0.05) is 31.1 Å². The number of hydrogen-bond acceptors (Lipinski definition) is 2. The second kappa shape index (κ2) is 8.17. The molecule has 2 aromatic rings. The normalized spacial score (nSPS) is 19.4. The average Bonchev–Trinajstić information content (AvgIpc) is 3.12. The van der Waals surface area contributed by atoms with Crippen LogP contribution in [0.25, 0.3) is 0 Å². The van der Waals surface area contributed by atoms with Crippen molar-refractivity contribution in [3.63, 3.8) is 0 Å². The first kappa shape index (κ1) is 18.2. The summed E-state index contributed by atoms with van der Waals surface area (Å²) in [6.45, 7) is 5.74. The fourth-order valence-corrected chi connectivity index (χ4v) is 3.53. The van der Waals surface area contributed by atoms with Crippen molar-refractivity contribution >= 4 is 11.8 Å². The third-order valence-corrected chi connectivity index (χ3v) is 5.02. The summed E-state index contributed by atoms with van der Waals surface area (Å²) < 4.78 is 0. The van der Waals surface area contributed by atoms with Crippen LogP contribution in [0.2, 0.25) is 0 Å². The van der Waals surface area contributed by atoms with Gasteiger partial charge < -0.3 is 10.2 Å². The minimum Gasteiger partial charge on any atom is -0.356 e. The second-order valence-electron chi connectivity index (χ2n) is 6.99. The fraction of sp³-hybridized carbons (Fsp3) is 0.364. The maximum atomic E-state index is 12.9. The molecule has 2 aromatic carbocycles. The van der Waals surface area contributed by atoms with E-state index in [1.54, 1.807) is 0 Å². The first-order valence-electron chi connectivity index (χ1n) is 9.28. The number of carbonyl (C=O) groups is 2. The van der Waals surface area contributed by atoms with Gasteiger partial charge >= 0.3 is 0 Å². The molecule has 1 saturated heterocycles. The van der Waals surface area contributed by atoms with E-state index < -0.39 is 0 Å². The number of nitrogens with zero attached hydrogens (tertiary/aromatic N) is 1. The summed E-state index contributed by atoms with van der Waals surface area (Å²) in [6, 6.07) is 17.7. The first-order valence-corrected chi connectivity index (χ1v) is 9.28. The van der Waals surface area contributed by atoms with Crippen LogP contribution in [0.4, 0.5) is 0 Å². The molecular weight excluding hydrogens is 324 g/mol. The van der Waals surface area contributed by atoms with Crippen LogP contribution in [-0.4, -0.2) is 36.3 Å². The summed E-state index contributed by atoms with van der Waals surface area (Å²) in [5.41, 5.74) is 2.92. The molecule has 0 aromatic heterocycles. The van der Waals surface area contributed by atoms with Crippen molar-refractivity contribution in [3.05, 3.63) is 71.3 Å². The van der Waals surface area contributed by atoms with Gasteiger partial charge in [-0.25, -0.2) is 0 Å². The quantitative estimate of drug-likeness (QED) is 0.899. The Kier molecular flexibility index (Phi) is 5.71. The lowest BCUT2D eigenvalue weighted by molar-refractivity contribution is -0.124. The Hall–Kier alpha value is -2.62. The number of amides is 2. The summed E-state index contributed by atoms with van der Waals surface area (Å²) in [6.07, 6.45) is 0.903. The van der Waals surface area contributed by atoms with E-state index in [2.05, 4.69) is 5.32 Å². The van der Waals surface area contributed by atoms with Crippen LogP contribution in [0.15, 0.2) is 54.6 Å². The van der Waals surface area contributed by atoms with Gasteiger partial charge in [-0.05, 0) is 31.0 Å². The summed E-state index contributed by atoms with van der Waals surface area (Å²) >= 11 is 0. The zero-order valence-corrected chi connectivity index (χ0v) is 15.4. The molecule has 3 rings (SSSR count). The van der Waals surface area contributed by atoms with Gasteiger partial charge in [0.25, 0.3) is 5.91 Å². The summed E-state index contributed by atoms with van der Waals surface area (Å²) in [5.74, 6) is -0.141. The lowest BCUT2D eigenvalue weighted by Gasteiger charge is -2.17. The zero-order chi connectivity index (χ0) is 18.5. The molecule has 1 fully saturated rings. The first-order chi connectivity index (χ1) is 12.6. The molecule has 4 heteroatoms. The van der Waals surface area contributed by atoms with Crippen molar-refractivity contribution in [1.82, 2.24) is 10.2 Å². The van der Waals surface area contributed by atoms with E-state index in [9.17, 15) is 9.59 Å². The highest BCUT2D eigenvalue weighted by atomic mass is 16.2. The van der Waals surface area contributed by atoms with E-state index in [1.165, 1.54) is 0 Å². The average molecular weight is 350 g/mol. The van der Waals surface area contributed by atoms with Gasteiger partial charge in [-0.3, -0.25) is 9.59 Å². The minimum atomic E-state index is -0.210. The van der Waals surface area contributed by atoms with Crippen LogP contribution in [0.1, 0.15) is 40.7 Å². The van der Waals surface area contributed by atoms with Crippen molar-refractivity contribution in [2.75, 3.05) is 19.6 Å². The third-order valence-electron chi connectivity index (χ3n) is 5.02. The summed E-state index contributed by atoms with van der Waals surface area (Å²) in [4.78, 5) is 27.4. The van der Waals surface area contributed by atoms with Gasteiger partial charge in [0.1, 0.15) is 0 Å². The van der Waals surface area contributed by atoms with Crippen molar-refractivity contribution in [2.45, 2.75) is 26.2 Å². The predicted molar refractivity (Wildman–Crippen MR) is 103 cm³/mol. The van der Waals surface area contributed by atoms with Crippen molar-refractivity contribution in [3.8, 4) is 0 Å². The largest absolute Gasteiger partial charge is 0.356 e. The lowest BCUT2D eigenvalue weighted by atomic mass is 9.88. The fourth-order valence-electron chi connectivity index (χ4n) is 3.53. The molecule has 0 saturated carbocycles. The van der Waals surface area contributed by atoms with Gasteiger partial charge in [-0.2, -0.15) is 0 Å². The van der Waals surface area contributed by atoms with Gasteiger partial charge in [0.2, 0.25) is 5.91 Å². The highest BCUT2D eigenvalue weighted by Gasteiger charge is 2.40. The number of hydrogen-bond donors (Lipinski definition) is 1. The van der Waals surface area contributed by atoms with Crippen LogP contribution in [0.5, 0.6) is 0 Å². The third kappa shape index (κ3) is 3.96. The van der Waals surface area contributed by atoms with E-state index in [0.29, 0.717) is 25.2 Å². The molecule has 0 spiro atoms. The maximum Gasteiger partial charge on any atom is 0.253 e. The molecule has 1 aliphatic heterocycles. The van der Waals surface area contributed by atoms with E-state index >= 15 is 0 Å². The molecule has 2 amide bonds. The molecule has 1 heterocycles. The number of nitrogens with one attached hydrogen (secondary N) is 1. The van der Waals surface area contributed by atoms with Crippen LogP contribution in [-0.2, 0) is 4.79 Å². The Balaban J connectivity index is 1.82. The number of carbonyl (C=O) groups excluding carboxylic acids is 2. The summed E-state index contributed by atoms with van der Waals surface area (Å²) in [5, 5.41) is 3.00. The predicted octanol–water partition coefficient (Wildman–Crippen LogP) is 3.38. The summed E-state index contributed by atoms with van der Waals surface area (Å²) in [7, 11) is 0. The highest BCUT2D eigenvalue weighted by Crippen LogP contribution is 2.33. The molecule has 1 N–H and O–H groups in total. The number of rotatable bonds is 5. The molecule has 0 aliphatic carbocycles. The Morgan fingerprint density at radius 3 is 2.38 bits per heavy atom. The Morgan fingerprint density at radius 2 is 1.73 bits per heavy atom. The van der Waals surface area contributed by atoms with E-state index in [1.807, 2.05) is 73.3 Å². The molecule has 4 nitrogen and oxygen atoms in total. The van der Waals surface area contributed by atoms with Crippen LogP contribution < -0.4 is 5.32 Å². The van der Waals surface area contributed by atoms with Gasteiger partial charge in [0.05, 0.1) is 5.92 Å². The van der Waals surface area contributed by atoms with Crippen molar-refractivity contribution in [2.24, 2.45) is 5.92 Å². The lowest BCUT2D eigenvalue weighted by Crippen LogP contribution is -2.36. The zero-order valence-electron chi connectivity index (χ0n) is 15.4. The standard InChI is InChI=1S/C22H26N2O2/c1-3-13-23-21(25)20-15-24(14-19(20)17-7-5-4-6-8-17)22(26)18-11-9-16(2)10-12-18/h4-12,19-20H,3,13-15H2,1-2H3,(H,23,25)/t19-,20-/m1/s1. The molecule has 0 bridgehead atoms.